The Balaban J connectivity index is 1.15. The van der Waals surface area contributed by atoms with E-state index in [9.17, 15) is 0 Å². The predicted molar refractivity (Wildman–Crippen MR) is 203 cm³/mol. The summed E-state index contributed by atoms with van der Waals surface area (Å²) in [5, 5.41) is 2.34. The SMILES string of the molecule is CC1(C)CC2(CC(C)(C)c3c(N(c4ccc(C5=CC=CC6CC56)cc4)c4cccc5oc6ccccc6c45)cccc32)C2=C1C1CC1C=C2. The first-order valence-electron chi connectivity index (χ1n) is 18.5. The number of anilines is 3. The normalized spacial score (nSPS) is 29.2. The van der Waals surface area contributed by atoms with E-state index in [-0.39, 0.29) is 16.2 Å². The van der Waals surface area contributed by atoms with Crippen LogP contribution in [-0.2, 0) is 10.8 Å². The summed E-state index contributed by atoms with van der Waals surface area (Å²) in [7, 11) is 0. The van der Waals surface area contributed by atoms with Gasteiger partial charge in [-0.25, -0.2) is 0 Å². The summed E-state index contributed by atoms with van der Waals surface area (Å²) in [5.74, 6) is 2.93. The van der Waals surface area contributed by atoms with E-state index in [2.05, 4.69) is 148 Å². The van der Waals surface area contributed by atoms with Crippen LogP contribution in [0.3, 0.4) is 0 Å². The molecule has 2 nitrogen and oxygen atoms in total. The topological polar surface area (TPSA) is 16.4 Å². The molecule has 6 aliphatic rings. The second kappa shape index (κ2) is 9.36. The molecule has 2 heteroatoms. The van der Waals surface area contributed by atoms with Gasteiger partial charge in [0.1, 0.15) is 11.2 Å². The summed E-state index contributed by atoms with van der Waals surface area (Å²) >= 11 is 0. The van der Waals surface area contributed by atoms with Crippen LogP contribution in [0.2, 0.25) is 0 Å². The van der Waals surface area contributed by atoms with E-state index in [0.29, 0.717) is 5.92 Å². The maximum absolute atomic E-state index is 6.48. The Morgan fingerprint density at radius 3 is 2.31 bits per heavy atom. The van der Waals surface area contributed by atoms with E-state index in [1.54, 1.807) is 16.7 Å². The zero-order valence-electron chi connectivity index (χ0n) is 29.0. The van der Waals surface area contributed by atoms with Gasteiger partial charge in [-0.15, -0.1) is 0 Å². The summed E-state index contributed by atoms with van der Waals surface area (Å²) in [6.07, 6.45) is 17.0. The first-order chi connectivity index (χ1) is 23.7. The van der Waals surface area contributed by atoms with Crippen LogP contribution in [0, 0.1) is 29.1 Å². The van der Waals surface area contributed by atoms with Gasteiger partial charge >= 0.3 is 0 Å². The van der Waals surface area contributed by atoms with Crippen molar-refractivity contribution < 1.29 is 4.42 Å². The molecule has 0 bridgehead atoms. The highest BCUT2D eigenvalue weighted by atomic mass is 16.3. The molecule has 1 heterocycles. The monoisotopic (exact) mass is 637 g/mol. The minimum absolute atomic E-state index is 0.0104. The maximum Gasteiger partial charge on any atom is 0.137 e. The number of furan rings is 1. The molecule has 6 aliphatic carbocycles. The summed E-state index contributed by atoms with van der Waals surface area (Å²) in [6, 6.07) is 31.8. The first kappa shape index (κ1) is 28.3. The van der Waals surface area contributed by atoms with Gasteiger partial charge in [-0.05, 0) is 124 Å². The average Bonchev–Trinajstić information content (AvgIpc) is 3.99. The number of benzene rings is 4. The van der Waals surface area contributed by atoms with Crippen LogP contribution in [0.4, 0.5) is 17.1 Å². The van der Waals surface area contributed by atoms with Crippen molar-refractivity contribution in [3.63, 3.8) is 0 Å². The van der Waals surface area contributed by atoms with Crippen molar-refractivity contribution >= 4 is 44.6 Å². The molecule has 0 N–H and O–H groups in total. The number of hydrogen-bond acceptors (Lipinski definition) is 2. The largest absolute Gasteiger partial charge is 0.456 e. The lowest BCUT2D eigenvalue weighted by molar-refractivity contribution is 0.313. The van der Waals surface area contributed by atoms with Gasteiger partial charge in [0.05, 0.1) is 16.8 Å². The third kappa shape index (κ3) is 3.84. The van der Waals surface area contributed by atoms with E-state index in [4.69, 9.17) is 4.42 Å². The highest BCUT2D eigenvalue weighted by Gasteiger charge is 2.61. The number of fused-ring (bicyclic) bond motifs is 9. The van der Waals surface area contributed by atoms with E-state index in [1.807, 2.05) is 0 Å². The molecule has 242 valence electrons. The van der Waals surface area contributed by atoms with E-state index in [1.165, 1.54) is 58.4 Å². The fourth-order valence-electron chi connectivity index (χ4n) is 11.3. The maximum atomic E-state index is 6.48. The fraction of sp³-hybridized carbons (Fsp3) is 0.319. The number of allylic oxidation sites excluding steroid dienone is 8. The summed E-state index contributed by atoms with van der Waals surface area (Å²) < 4.78 is 6.48. The molecular weight excluding hydrogens is 595 g/mol. The van der Waals surface area contributed by atoms with Gasteiger partial charge in [-0.2, -0.15) is 0 Å². The molecule has 5 unspecified atom stereocenters. The highest BCUT2D eigenvalue weighted by Crippen LogP contribution is 2.70. The molecule has 5 aromatic rings. The Kier molecular flexibility index (Phi) is 5.40. The Hall–Kier alpha value is -4.56. The minimum atomic E-state index is -0.0104. The molecule has 11 rings (SSSR count). The zero-order chi connectivity index (χ0) is 32.9. The Morgan fingerprint density at radius 2 is 1.43 bits per heavy atom. The van der Waals surface area contributed by atoms with Gasteiger partial charge in [0, 0.05) is 16.5 Å². The second-order valence-corrected chi connectivity index (χ2v) is 17.2. The van der Waals surface area contributed by atoms with Crippen LogP contribution in [0.15, 0.2) is 131 Å². The van der Waals surface area contributed by atoms with Gasteiger partial charge in [0.2, 0.25) is 0 Å². The number of nitrogens with zero attached hydrogens (tertiary/aromatic N) is 1. The van der Waals surface area contributed by atoms with Crippen molar-refractivity contribution in [1.82, 2.24) is 0 Å². The van der Waals surface area contributed by atoms with Crippen molar-refractivity contribution in [2.45, 2.75) is 64.2 Å². The van der Waals surface area contributed by atoms with Crippen molar-refractivity contribution in [3.05, 3.63) is 143 Å². The molecule has 2 fully saturated rings. The zero-order valence-corrected chi connectivity index (χ0v) is 29.0. The molecule has 1 aromatic heterocycles. The summed E-state index contributed by atoms with van der Waals surface area (Å²) in [6.45, 7) is 10.1. The Bertz CT molecular complexity index is 2370. The van der Waals surface area contributed by atoms with Crippen LogP contribution < -0.4 is 4.90 Å². The Morgan fingerprint density at radius 1 is 0.694 bits per heavy atom. The average molecular weight is 638 g/mol. The van der Waals surface area contributed by atoms with Crippen LogP contribution in [0.1, 0.15) is 70.1 Å². The van der Waals surface area contributed by atoms with Gasteiger partial charge in [-0.1, -0.05) is 112 Å². The Labute approximate surface area is 289 Å². The van der Waals surface area contributed by atoms with Crippen LogP contribution in [-0.4, -0.2) is 0 Å². The van der Waals surface area contributed by atoms with E-state index in [0.717, 1.165) is 40.7 Å². The molecule has 4 aromatic carbocycles. The molecule has 0 amide bonds. The third-order valence-electron chi connectivity index (χ3n) is 13.2. The van der Waals surface area contributed by atoms with E-state index >= 15 is 0 Å². The van der Waals surface area contributed by atoms with Gasteiger partial charge < -0.3 is 9.32 Å². The van der Waals surface area contributed by atoms with Gasteiger partial charge in [0.25, 0.3) is 0 Å². The molecule has 5 atom stereocenters. The van der Waals surface area contributed by atoms with Crippen molar-refractivity contribution in [3.8, 4) is 0 Å². The summed E-state index contributed by atoms with van der Waals surface area (Å²) in [4.78, 5) is 2.56. The van der Waals surface area contributed by atoms with Crippen molar-refractivity contribution in [2.24, 2.45) is 29.1 Å². The van der Waals surface area contributed by atoms with E-state index < -0.39 is 0 Å². The number of hydrogen-bond donors (Lipinski definition) is 0. The molecule has 0 radical (unpaired) electrons. The lowest BCUT2D eigenvalue weighted by Gasteiger charge is -2.32. The van der Waals surface area contributed by atoms with Crippen LogP contribution in [0.25, 0.3) is 27.5 Å². The van der Waals surface area contributed by atoms with Crippen LogP contribution >= 0.6 is 0 Å². The molecule has 0 saturated heterocycles. The summed E-state index contributed by atoms with van der Waals surface area (Å²) in [5.41, 5.74) is 15.1. The molecule has 0 aliphatic heterocycles. The molecular formula is C47H43NO. The lowest BCUT2D eigenvalue weighted by atomic mass is 9.71. The third-order valence-corrected chi connectivity index (χ3v) is 13.2. The lowest BCUT2D eigenvalue weighted by Crippen LogP contribution is -2.27. The predicted octanol–water partition coefficient (Wildman–Crippen LogP) is 12.5. The van der Waals surface area contributed by atoms with Crippen LogP contribution in [0.5, 0.6) is 0 Å². The van der Waals surface area contributed by atoms with Crippen molar-refractivity contribution in [2.75, 3.05) is 4.90 Å². The van der Waals surface area contributed by atoms with Crippen molar-refractivity contribution in [1.29, 1.82) is 0 Å². The fourth-order valence-corrected chi connectivity index (χ4v) is 11.3. The second-order valence-electron chi connectivity index (χ2n) is 17.2. The van der Waals surface area contributed by atoms with Gasteiger partial charge in [-0.3, -0.25) is 0 Å². The standard InChI is InChI=1S/C47H43NO/c1-45(2)26-47(37-23-20-30-25-35(30)43(37)45)27-46(3,4)44-36(47)13-8-15-39(44)48(31-21-18-28(19-22-31)32-12-7-10-29-24-34(29)32)38-14-9-17-41-42(38)33-11-5-6-16-40(33)49-41/h5-23,29-30,34-35H,24-27H2,1-4H3. The first-order valence-corrected chi connectivity index (χ1v) is 18.5. The number of para-hydroxylation sites is 1. The minimum Gasteiger partial charge on any atom is -0.456 e. The molecule has 49 heavy (non-hydrogen) atoms. The quantitative estimate of drug-likeness (QED) is 0.195. The smallest absolute Gasteiger partial charge is 0.137 e. The highest BCUT2D eigenvalue weighted by molar-refractivity contribution is 6.13. The molecule has 2 saturated carbocycles. The number of rotatable bonds is 4. The molecule has 1 spiro atoms. The van der Waals surface area contributed by atoms with Gasteiger partial charge in [0.15, 0.2) is 0 Å².